The van der Waals surface area contributed by atoms with Crippen LogP contribution >= 0.6 is 0 Å². The molecule has 9 N–H and O–H groups in total. The molecule has 0 radical (unpaired) electrons. The van der Waals surface area contributed by atoms with E-state index in [0.29, 0.717) is 22.3 Å². The summed E-state index contributed by atoms with van der Waals surface area (Å²) in [5.74, 6) is -0.154. The first-order valence-corrected chi connectivity index (χ1v) is 9.04. The van der Waals surface area contributed by atoms with Crippen LogP contribution in [-0.2, 0) is 21.1 Å². The normalized spacial score (nSPS) is 10.3. The summed E-state index contributed by atoms with van der Waals surface area (Å²) >= 11 is 0. The average molecular weight is 649 g/mol. The fraction of sp³-hybridized carbons (Fsp3) is 0.300. The second-order valence-corrected chi connectivity index (χ2v) is 6.29. The molecular weight excluding hydrogens is 621 g/mol. The molecule has 0 fully saturated rings. The van der Waals surface area contributed by atoms with Crippen molar-refractivity contribution in [2.45, 2.75) is 25.7 Å². The molecule has 0 unspecified atom stereocenters. The van der Waals surface area contributed by atoms with Gasteiger partial charge >= 0.3 is 21.1 Å². The van der Waals surface area contributed by atoms with Crippen molar-refractivity contribution in [1.29, 1.82) is 0 Å². The van der Waals surface area contributed by atoms with Crippen LogP contribution in [0.25, 0.3) is 0 Å². The molecule has 0 aliphatic heterocycles. The van der Waals surface area contributed by atoms with Gasteiger partial charge in [-0.25, -0.2) is 0 Å². The van der Waals surface area contributed by atoms with Gasteiger partial charge in [-0.15, -0.1) is 0 Å². The molecule has 0 bridgehead atoms. The Hall–Kier alpha value is -2.36. The molecule has 1 aliphatic carbocycles. The number of anilines is 1. The zero-order valence-electron chi connectivity index (χ0n) is 17.5. The number of halogens is 1. The van der Waals surface area contributed by atoms with Crippen molar-refractivity contribution in [1.82, 2.24) is 12.3 Å². The van der Waals surface area contributed by atoms with Gasteiger partial charge in [-0.3, -0.25) is 9.59 Å². The molecule has 2 aromatic carbocycles. The van der Waals surface area contributed by atoms with E-state index in [-0.39, 0.29) is 57.3 Å². The quantitative estimate of drug-likeness (QED) is 0.159. The first-order valence-electron chi connectivity index (χ1n) is 9.04. The largest absolute Gasteiger partial charge is 2.00 e. The Morgan fingerprint density at radius 1 is 0.812 bits per heavy atom. The average Bonchev–Trinajstić information content (AvgIpc) is 2.68. The van der Waals surface area contributed by atoms with Crippen LogP contribution in [0.4, 0.5) is 5.69 Å². The summed E-state index contributed by atoms with van der Waals surface area (Å²) in [6.45, 7) is 1.51. The van der Waals surface area contributed by atoms with E-state index in [1.54, 1.807) is 30.3 Å². The molecule has 12 heteroatoms. The molecule has 0 atom stereocenters. The summed E-state index contributed by atoms with van der Waals surface area (Å²) in [6, 6.07) is 12.5. The third kappa shape index (κ3) is 9.02. The molecule has 2 aromatic rings. The molecule has 0 heterocycles. The maximum atomic E-state index is 12.8. The number of rotatable bonds is 7. The number of nitrogens with one attached hydrogen (secondary N) is 1. The molecule has 0 spiro atoms. The fourth-order valence-electron chi connectivity index (χ4n) is 3.14. The number of benzene rings is 2. The van der Waals surface area contributed by atoms with Gasteiger partial charge in [0, 0.05) is 28.9 Å². The second-order valence-electron chi connectivity index (χ2n) is 6.29. The van der Waals surface area contributed by atoms with E-state index in [2.05, 4.69) is 5.32 Å². The Balaban J connectivity index is -0.000000974. The summed E-state index contributed by atoms with van der Waals surface area (Å²) in [6.07, 6.45) is 4.29. The molecule has 180 valence electrons. The number of carbonyl (C=O) groups is 2. The van der Waals surface area contributed by atoms with Crippen LogP contribution in [0.15, 0.2) is 42.5 Å². The van der Waals surface area contributed by atoms with Gasteiger partial charge in [-0.2, -0.15) is 0 Å². The van der Waals surface area contributed by atoms with E-state index in [4.69, 9.17) is 21.1 Å². The number of hydrogen-bond acceptors (Lipinski definition) is 9. The van der Waals surface area contributed by atoms with Gasteiger partial charge in [0.25, 0.3) is 0 Å². The smallest absolute Gasteiger partial charge is 1.00 e. The molecule has 1 aliphatic rings. The zero-order valence-corrected chi connectivity index (χ0v) is 20.5. The Labute approximate surface area is 207 Å². The van der Waals surface area contributed by atoms with Gasteiger partial charge < -0.3 is 51.1 Å². The number of ketones is 2. The van der Waals surface area contributed by atoms with E-state index >= 15 is 0 Å². The van der Waals surface area contributed by atoms with Crippen molar-refractivity contribution >= 4 is 17.3 Å². The van der Waals surface area contributed by atoms with Crippen LogP contribution in [0.5, 0.6) is 0 Å². The standard InChI is InChI=1S/C20H22N2O2.ClH.NO3.2H3N.Pt/c21-12-5-1-2-6-13-22-17-11-7-10-16-18(17)20(24)15-9-4-3-8-14(15)19(16)23;;2-1(3)4;;;/h3-4,7-11,22H,1-2,5-6,12-13,21H2;1H;;2*1H3;/q;;-1;;;+2/p-1. The van der Waals surface area contributed by atoms with E-state index < -0.39 is 5.09 Å². The third-order valence-corrected chi connectivity index (χ3v) is 4.40. The molecule has 3 rings (SSSR count). The monoisotopic (exact) mass is 648 g/mol. The number of nitrogens with zero attached hydrogens (tertiary/aromatic N) is 1. The molecule has 10 nitrogen and oxygen atoms in total. The van der Waals surface area contributed by atoms with Gasteiger partial charge in [0.2, 0.25) is 0 Å². The van der Waals surface area contributed by atoms with Crippen LogP contribution < -0.4 is 35.8 Å². The molecule has 0 amide bonds. The number of carbonyl (C=O) groups excluding carboxylic acids is 2. The number of nitrogens with two attached hydrogens (primary N) is 1. The summed E-state index contributed by atoms with van der Waals surface area (Å²) in [7, 11) is 0. The third-order valence-electron chi connectivity index (χ3n) is 4.40. The van der Waals surface area contributed by atoms with Gasteiger partial charge in [-0.1, -0.05) is 49.2 Å². The van der Waals surface area contributed by atoms with Crippen LogP contribution in [0, 0.1) is 15.3 Å². The summed E-state index contributed by atoms with van der Waals surface area (Å²) in [5.41, 5.74) is 8.22. The van der Waals surface area contributed by atoms with Crippen LogP contribution in [0.2, 0.25) is 0 Å². The fourth-order valence-corrected chi connectivity index (χ4v) is 3.14. The van der Waals surface area contributed by atoms with Gasteiger partial charge in [-0.05, 0) is 25.5 Å². The summed E-state index contributed by atoms with van der Waals surface area (Å²) in [4.78, 5) is 33.8. The molecule has 0 saturated heterocycles. The minimum Gasteiger partial charge on any atom is -1.00 e. The predicted octanol–water partition coefficient (Wildman–Crippen LogP) is 0.479. The van der Waals surface area contributed by atoms with Gasteiger partial charge in [0.1, 0.15) is 0 Å². The van der Waals surface area contributed by atoms with Crippen molar-refractivity contribution < 1.29 is 48.1 Å². The topological polar surface area (TPSA) is 208 Å². The van der Waals surface area contributed by atoms with E-state index in [1.165, 1.54) is 0 Å². The molecular formula is C20H28ClN5O5Pt. The van der Waals surface area contributed by atoms with E-state index in [1.807, 2.05) is 12.1 Å². The van der Waals surface area contributed by atoms with Crippen molar-refractivity contribution in [3.63, 3.8) is 0 Å². The maximum Gasteiger partial charge on any atom is 2.00 e. The van der Waals surface area contributed by atoms with Crippen LogP contribution in [0.1, 0.15) is 57.5 Å². The van der Waals surface area contributed by atoms with Crippen LogP contribution in [-0.4, -0.2) is 29.7 Å². The maximum absolute atomic E-state index is 12.8. The first-order chi connectivity index (χ1) is 13.5. The van der Waals surface area contributed by atoms with Gasteiger partial charge in [0.05, 0.1) is 10.7 Å². The molecule has 0 saturated carbocycles. The van der Waals surface area contributed by atoms with Gasteiger partial charge in [0.15, 0.2) is 11.6 Å². The second kappa shape index (κ2) is 17.2. The van der Waals surface area contributed by atoms with E-state index in [0.717, 1.165) is 44.5 Å². The van der Waals surface area contributed by atoms with Crippen molar-refractivity contribution in [2.24, 2.45) is 5.73 Å². The van der Waals surface area contributed by atoms with E-state index in [9.17, 15) is 9.59 Å². The first kappa shape index (κ1) is 34.3. The summed E-state index contributed by atoms with van der Waals surface area (Å²) < 4.78 is 0. The van der Waals surface area contributed by atoms with Crippen molar-refractivity contribution in [3.05, 3.63) is 80.0 Å². The minimum atomic E-state index is -1.75. The number of unbranched alkanes of at least 4 members (excludes halogenated alkanes) is 3. The van der Waals surface area contributed by atoms with Crippen LogP contribution in [0.3, 0.4) is 0 Å². The number of hydrogen-bond donors (Lipinski definition) is 4. The Morgan fingerprint density at radius 2 is 1.31 bits per heavy atom. The Morgan fingerprint density at radius 3 is 1.88 bits per heavy atom. The number of fused-ring (bicyclic) bond motifs is 2. The van der Waals surface area contributed by atoms with Crippen molar-refractivity contribution in [3.8, 4) is 0 Å². The molecule has 0 aromatic heterocycles. The molecule has 32 heavy (non-hydrogen) atoms. The Kier molecular flexibility index (Phi) is 18.4. The minimum absolute atomic E-state index is 0. The Bertz CT molecular complexity index is 881. The SMILES string of the molecule is N.N.NCCCCCCNc1cccc2c1C(=O)c1ccccc1C2=O.O=[N+]([O-])[O-].[Cl-].[Pt+2]. The zero-order chi connectivity index (χ0) is 20.5. The predicted molar refractivity (Wildman–Crippen MR) is 116 cm³/mol. The summed E-state index contributed by atoms with van der Waals surface area (Å²) in [5, 5.41) is 18.1. The van der Waals surface area contributed by atoms with Crippen molar-refractivity contribution in [2.75, 3.05) is 18.4 Å².